The van der Waals surface area contributed by atoms with Crippen LogP contribution in [0.1, 0.15) is 26.2 Å². The van der Waals surface area contributed by atoms with Gasteiger partial charge in [-0.15, -0.1) is 12.8 Å². The Bertz CT molecular complexity index is 327. The first kappa shape index (κ1) is 17.5. The zero-order chi connectivity index (χ0) is 11.8. The SMILES string of the molecule is BrCC(Br)C1=[C-]CC=C1.CCC1=[C-]CC=C1.[Ru+2]. The van der Waals surface area contributed by atoms with Crippen molar-refractivity contribution >= 4 is 31.9 Å². The summed E-state index contributed by atoms with van der Waals surface area (Å²) in [5, 5.41) is 0.958. The summed E-state index contributed by atoms with van der Waals surface area (Å²) in [6, 6.07) is 0. The number of halogens is 2. The molecule has 0 nitrogen and oxygen atoms in total. The molecule has 1 atom stereocenters. The van der Waals surface area contributed by atoms with Gasteiger partial charge in [0.2, 0.25) is 0 Å². The Balaban J connectivity index is 0.000000292. The molecule has 0 N–H and O–H groups in total. The normalized spacial score (nSPS) is 17.8. The molecule has 94 valence electrons. The van der Waals surface area contributed by atoms with Gasteiger partial charge in [0.05, 0.1) is 0 Å². The van der Waals surface area contributed by atoms with Gasteiger partial charge in [-0.05, 0) is 0 Å². The second-order valence-electron chi connectivity index (χ2n) is 3.52. The number of hydrogen-bond donors (Lipinski definition) is 0. The van der Waals surface area contributed by atoms with Gasteiger partial charge < -0.3 is 0 Å². The molecule has 0 amide bonds. The monoisotopic (exact) mass is 444 g/mol. The van der Waals surface area contributed by atoms with Gasteiger partial charge in [0, 0.05) is 10.2 Å². The molecule has 0 heterocycles. The van der Waals surface area contributed by atoms with Gasteiger partial charge in [0.15, 0.2) is 0 Å². The van der Waals surface area contributed by atoms with Crippen molar-refractivity contribution in [2.24, 2.45) is 0 Å². The first-order valence-electron chi connectivity index (χ1n) is 5.51. The van der Waals surface area contributed by atoms with Gasteiger partial charge in [-0.3, -0.25) is 12.2 Å². The first-order chi connectivity index (χ1) is 7.77. The summed E-state index contributed by atoms with van der Waals surface area (Å²) in [6.45, 7) is 2.15. The van der Waals surface area contributed by atoms with Gasteiger partial charge in [-0.1, -0.05) is 45.2 Å². The van der Waals surface area contributed by atoms with E-state index in [4.69, 9.17) is 0 Å². The fourth-order valence-electron chi connectivity index (χ4n) is 1.41. The van der Waals surface area contributed by atoms with Crippen LogP contribution in [0, 0.1) is 12.2 Å². The molecular formula is C14H16Br2Ru. The van der Waals surface area contributed by atoms with Gasteiger partial charge >= 0.3 is 19.5 Å². The van der Waals surface area contributed by atoms with Crippen molar-refractivity contribution in [2.75, 3.05) is 5.33 Å². The summed E-state index contributed by atoms with van der Waals surface area (Å²) in [5.74, 6) is 0. The summed E-state index contributed by atoms with van der Waals surface area (Å²) in [4.78, 5) is 0.441. The standard InChI is InChI=1S/C7H7Br2.C7H9.Ru/c8-5-7(9)6-3-1-2-4-6;1-2-7-5-3-4-6-7;/h1,3,7H,2,5H2;3,5H,2,4H2,1H3;/q2*-1;+2. The summed E-state index contributed by atoms with van der Waals surface area (Å²) in [5.41, 5.74) is 2.63. The number of rotatable bonds is 3. The number of alkyl halides is 2. The minimum Gasteiger partial charge on any atom is -0.270 e. The zero-order valence-electron chi connectivity index (χ0n) is 9.82. The molecule has 0 radical (unpaired) electrons. The smallest absolute Gasteiger partial charge is 0.270 e. The van der Waals surface area contributed by atoms with Crippen molar-refractivity contribution in [1.29, 1.82) is 0 Å². The topological polar surface area (TPSA) is 0 Å². The first-order valence-corrected chi connectivity index (χ1v) is 7.55. The summed E-state index contributed by atoms with van der Waals surface area (Å²) < 4.78 is 0. The van der Waals surface area contributed by atoms with E-state index < -0.39 is 0 Å². The van der Waals surface area contributed by atoms with Crippen LogP contribution < -0.4 is 0 Å². The van der Waals surface area contributed by atoms with E-state index in [2.05, 4.69) is 75.2 Å². The molecule has 1 unspecified atom stereocenters. The number of hydrogen-bond acceptors (Lipinski definition) is 0. The van der Waals surface area contributed by atoms with Crippen LogP contribution in [0.25, 0.3) is 0 Å². The Kier molecular flexibility index (Phi) is 10.8. The maximum atomic E-state index is 3.51. The quantitative estimate of drug-likeness (QED) is 0.329. The second kappa shape index (κ2) is 10.5. The molecule has 0 aliphatic heterocycles. The maximum absolute atomic E-state index is 3.51. The largest absolute Gasteiger partial charge is 2.00 e. The van der Waals surface area contributed by atoms with Crippen LogP contribution in [0.5, 0.6) is 0 Å². The van der Waals surface area contributed by atoms with Crippen molar-refractivity contribution in [3.05, 3.63) is 47.6 Å². The minimum atomic E-state index is 0. The summed E-state index contributed by atoms with van der Waals surface area (Å²) >= 11 is 6.89. The van der Waals surface area contributed by atoms with E-state index in [1.165, 1.54) is 11.1 Å². The van der Waals surface area contributed by atoms with E-state index in [9.17, 15) is 0 Å². The molecule has 0 saturated heterocycles. The molecule has 0 spiro atoms. The zero-order valence-corrected chi connectivity index (χ0v) is 14.7. The third-order valence-electron chi connectivity index (χ3n) is 2.34. The van der Waals surface area contributed by atoms with Crippen LogP contribution in [0.4, 0.5) is 0 Å². The van der Waals surface area contributed by atoms with E-state index in [0.29, 0.717) is 4.83 Å². The maximum Gasteiger partial charge on any atom is 2.00 e. The molecule has 17 heavy (non-hydrogen) atoms. The molecule has 0 bridgehead atoms. The van der Waals surface area contributed by atoms with E-state index in [-0.39, 0.29) is 19.5 Å². The average Bonchev–Trinajstić information content (AvgIpc) is 3.01. The molecule has 2 rings (SSSR count). The molecule has 0 aromatic carbocycles. The Hall–Kier alpha value is 0.543. The van der Waals surface area contributed by atoms with Crippen LogP contribution >= 0.6 is 31.9 Å². The van der Waals surface area contributed by atoms with Crippen LogP contribution in [0.15, 0.2) is 35.5 Å². The van der Waals surface area contributed by atoms with Crippen molar-refractivity contribution in [2.45, 2.75) is 31.0 Å². The molecule has 0 aromatic rings. The molecule has 0 saturated carbocycles. The fourth-order valence-corrected chi connectivity index (χ4v) is 2.08. The van der Waals surface area contributed by atoms with Crippen LogP contribution in [-0.4, -0.2) is 10.2 Å². The molecule has 2 aliphatic rings. The van der Waals surface area contributed by atoms with Crippen LogP contribution in [-0.2, 0) is 19.5 Å². The third kappa shape index (κ3) is 6.89. The van der Waals surface area contributed by atoms with Crippen LogP contribution in [0.3, 0.4) is 0 Å². The predicted molar refractivity (Wildman–Crippen MR) is 77.8 cm³/mol. The minimum absolute atomic E-state index is 0. The van der Waals surface area contributed by atoms with Crippen LogP contribution in [0.2, 0.25) is 0 Å². The van der Waals surface area contributed by atoms with Gasteiger partial charge in [-0.2, -0.15) is 12.2 Å². The summed E-state index contributed by atoms with van der Waals surface area (Å²) in [6.07, 6.45) is 18.1. The predicted octanol–water partition coefficient (Wildman–Crippen LogP) is 4.92. The van der Waals surface area contributed by atoms with Crippen molar-refractivity contribution in [1.82, 2.24) is 0 Å². The van der Waals surface area contributed by atoms with Gasteiger partial charge in [0.25, 0.3) is 0 Å². The van der Waals surface area contributed by atoms with Crippen molar-refractivity contribution in [3.63, 3.8) is 0 Å². The van der Waals surface area contributed by atoms with Crippen molar-refractivity contribution in [3.8, 4) is 0 Å². The van der Waals surface area contributed by atoms with Gasteiger partial charge in [0.1, 0.15) is 0 Å². The van der Waals surface area contributed by atoms with E-state index in [1.54, 1.807) is 0 Å². The fraction of sp³-hybridized carbons (Fsp3) is 0.429. The average molecular weight is 445 g/mol. The van der Waals surface area contributed by atoms with Crippen molar-refractivity contribution < 1.29 is 19.5 Å². The summed E-state index contributed by atoms with van der Waals surface area (Å²) in [7, 11) is 0. The molecule has 2 aliphatic carbocycles. The van der Waals surface area contributed by atoms with E-state index in [0.717, 1.165) is 24.6 Å². The Morgan fingerprint density at radius 1 is 1.24 bits per heavy atom. The molecule has 0 fully saturated rings. The molecule has 0 aromatic heterocycles. The molecular weight excluding hydrogens is 429 g/mol. The Morgan fingerprint density at radius 2 is 1.88 bits per heavy atom. The number of allylic oxidation sites excluding steroid dienone is 8. The second-order valence-corrected chi connectivity index (χ2v) is 5.28. The van der Waals surface area contributed by atoms with E-state index in [1.807, 2.05) is 0 Å². The molecule has 3 heteroatoms. The Morgan fingerprint density at radius 3 is 2.24 bits per heavy atom. The van der Waals surface area contributed by atoms with E-state index >= 15 is 0 Å². The Labute approximate surface area is 134 Å². The van der Waals surface area contributed by atoms with Gasteiger partial charge in [-0.25, -0.2) is 23.3 Å². The third-order valence-corrected chi connectivity index (χ3v) is 4.67.